The van der Waals surface area contributed by atoms with Crippen LogP contribution in [0.5, 0.6) is 0 Å². The van der Waals surface area contributed by atoms with Crippen LogP contribution in [0, 0.1) is 0 Å². The van der Waals surface area contributed by atoms with E-state index >= 15 is 0 Å². The molecule has 0 saturated heterocycles. The molecular formula is C28H34N4O3Si. The van der Waals surface area contributed by atoms with E-state index in [-0.39, 0.29) is 5.97 Å². The van der Waals surface area contributed by atoms with Gasteiger partial charge in [-0.1, -0.05) is 37.8 Å². The molecule has 0 unspecified atom stereocenters. The topological polar surface area (TPSA) is 71.2 Å². The minimum Gasteiger partial charge on any atom is -0.462 e. The van der Waals surface area contributed by atoms with Crippen LogP contribution in [-0.4, -0.2) is 46.8 Å². The van der Waals surface area contributed by atoms with Crippen molar-refractivity contribution in [1.82, 2.24) is 19.6 Å². The van der Waals surface area contributed by atoms with Crippen LogP contribution in [0.1, 0.15) is 28.5 Å². The lowest BCUT2D eigenvalue weighted by molar-refractivity contribution is 0.0526. The number of esters is 1. The first-order valence-corrected chi connectivity index (χ1v) is 16.0. The van der Waals surface area contributed by atoms with Gasteiger partial charge in [-0.2, -0.15) is 10.2 Å². The van der Waals surface area contributed by atoms with Gasteiger partial charge >= 0.3 is 5.97 Å². The molecule has 0 amide bonds. The molecule has 2 aromatic carbocycles. The van der Waals surface area contributed by atoms with E-state index in [0.29, 0.717) is 18.9 Å². The van der Waals surface area contributed by atoms with Crippen molar-refractivity contribution in [2.45, 2.75) is 39.3 Å². The minimum absolute atomic E-state index is 0.308. The molecule has 0 saturated carbocycles. The molecule has 0 fully saturated rings. The molecule has 2 aromatic heterocycles. The molecule has 7 nitrogen and oxygen atoms in total. The minimum atomic E-state index is -1.16. The van der Waals surface area contributed by atoms with Crippen LogP contribution < -0.4 is 0 Å². The number of aryl methyl sites for hydroxylation is 1. The summed E-state index contributed by atoms with van der Waals surface area (Å²) >= 11 is 0. The summed E-state index contributed by atoms with van der Waals surface area (Å²) in [5, 5.41) is 10.1. The van der Waals surface area contributed by atoms with E-state index in [1.165, 1.54) is 0 Å². The molecule has 8 heteroatoms. The van der Waals surface area contributed by atoms with E-state index < -0.39 is 8.07 Å². The highest BCUT2D eigenvalue weighted by molar-refractivity contribution is 6.76. The Morgan fingerprint density at radius 3 is 2.47 bits per heavy atom. The number of carbonyl (C=O) groups is 1. The molecule has 0 atom stereocenters. The van der Waals surface area contributed by atoms with Crippen LogP contribution in [-0.2, 0) is 23.3 Å². The van der Waals surface area contributed by atoms with Gasteiger partial charge in [0, 0.05) is 38.9 Å². The van der Waals surface area contributed by atoms with Gasteiger partial charge < -0.3 is 9.47 Å². The summed E-state index contributed by atoms with van der Waals surface area (Å²) in [5.74, 6) is -0.308. The normalized spacial score (nSPS) is 12.0. The summed E-state index contributed by atoms with van der Waals surface area (Å²) in [4.78, 5) is 12.0. The zero-order chi connectivity index (χ0) is 25.7. The van der Waals surface area contributed by atoms with Crippen molar-refractivity contribution in [1.29, 1.82) is 0 Å². The van der Waals surface area contributed by atoms with Gasteiger partial charge in [0.1, 0.15) is 6.73 Å². The molecule has 0 N–H and O–H groups in total. The fraction of sp³-hybridized carbons (Fsp3) is 0.321. The largest absolute Gasteiger partial charge is 0.462 e. The third kappa shape index (κ3) is 6.38. The summed E-state index contributed by atoms with van der Waals surface area (Å²) in [7, 11) is 0.746. The van der Waals surface area contributed by atoms with Crippen LogP contribution in [0.2, 0.25) is 25.7 Å². The van der Waals surface area contributed by atoms with Crippen LogP contribution in [0.4, 0.5) is 0 Å². The van der Waals surface area contributed by atoms with Crippen LogP contribution in [0.3, 0.4) is 0 Å². The number of hydrogen-bond acceptors (Lipinski definition) is 5. The lowest BCUT2D eigenvalue weighted by Gasteiger charge is -2.15. The second kappa shape index (κ2) is 11.1. The predicted molar refractivity (Wildman–Crippen MR) is 147 cm³/mol. The van der Waals surface area contributed by atoms with Crippen molar-refractivity contribution in [3.05, 3.63) is 71.7 Å². The third-order valence-electron chi connectivity index (χ3n) is 5.88. The van der Waals surface area contributed by atoms with E-state index in [1.54, 1.807) is 23.7 Å². The number of rotatable bonds is 10. The SMILES string of the molecule is CCOC(=O)c1ccc(-c2ccc3c(c2)c(/C=C/c2cnn(C)c2)nn3COCC[Si](C)(C)C)cc1. The van der Waals surface area contributed by atoms with Crippen molar-refractivity contribution >= 4 is 37.1 Å². The number of benzene rings is 2. The zero-order valence-electron chi connectivity index (χ0n) is 21.7. The number of hydrogen-bond donors (Lipinski definition) is 0. The zero-order valence-corrected chi connectivity index (χ0v) is 22.7. The highest BCUT2D eigenvalue weighted by Crippen LogP contribution is 2.28. The molecule has 4 aromatic rings. The Morgan fingerprint density at radius 1 is 1.06 bits per heavy atom. The first-order valence-electron chi connectivity index (χ1n) is 12.3. The number of aromatic nitrogens is 4. The molecule has 0 bridgehead atoms. The standard InChI is InChI=1S/C28H34N4O3Si/c1-6-35-28(33)23-10-8-22(9-11-23)24-12-14-27-25(17-24)26(13-7-21-18-29-31(2)19-21)30-32(27)20-34-15-16-36(3,4)5/h7-14,17-19H,6,15-16,20H2,1-5H3/b13-7+. The summed E-state index contributed by atoms with van der Waals surface area (Å²) in [6.45, 7) is 10.4. The molecule has 188 valence electrons. The van der Waals surface area contributed by atoms with Gasteiger partial charge in [0.15, 0.2) is 0 Å². The molecule has 0 radical (unpaired) electrons. The number of fused-ring (bicyclic) bond motifs is 1. The van der Waals surface area contributed by atoms with Crippen LogP contribution in [0.15, 0.2) is 54.9 Å². The second-order valence-corrected chi connectivity index (χ2v) is 15.7. The Bertz CT molecular complexity index is 1360. The van der Waals surface area contributed by atoms with Gasteiger partial charge in [-0.3, -0.25) is 4.68 Å². The Hall–Kier alpha value is -3.49. The maximum atomic E-state index is 12.0. The fourth-order valence-corrected chi connectivity index (χ4v) is 4.61. The summed E-state index contributed by atoms with van der Waals surface area (Å²) < 4.78 is 14.8. The molecule has 0 aliphatic carbocycles. The van der Waals surface area contributed by atoms with Crippen molar-refractivity contribution < 1.29 is 14.3 Å². The third-order valence-corrected chi connectivity index (χ3v) is 7.58. The van der Waals surface area contributed by atoms with Crippen molar-refractivity contribution in [3.8, 4) is 11.1 Å². The van der Waals surface area contributed by atoms with E-state index in [2.05, 4.69) is 42.9 Å². The highest BCUT2D eigenvalue weighted by atomic mass is 28.3. The molecule has 0 aliphatic rings. The Kier molecular flexibility index (Phi) is 7.86. The maximum Gasteiger partial charge on any atom is 0.338 e. The smallest absolute Gasteiger partial charge is 0.338 e. The van der Waals surface area contributed by atoms with Crippen molar-refractivity contribution in [3.63, 3.8) is 0 Å². The molecular weight excluding hydrogens is 468 g/mol. The number of carbonyl (C=O) groups excluding carboxylic acids is 1. The van der Waals surface area contributed by atoms with Gasteiger partial charge in [0.2, 0.25) is 0 Å². The van der Waals surface area contributed by atoms with Gasteiger partial charge in [-0.05, 0) is 60.5 Å². The van der Waals surface area contributed by atoms with Crippen LogP contribution in [0.25, 0.3) is 34.2 Å². The van der Waals surface area contributed by atoms with Crippen molar-refractivity contribution in [2.75, 3.05) is 13.2 Å². The average Bonchev–Trinajstić information content (AvgIpc) is 3.42. The van der Waals surface area contributed by atoms with Gasteiger partial charge in [-0.25, -0.2) is 9.48 Å². The number of ether oxygens (including phenoxy) is 2. The lowest BCUT2D eigenvalue weighted by atomic mass is 10.0. The van der Waals surface area contributed by atoms with Gasteiger partial charge in [0.25, 0.3) is 0 Å². The quantitative estimate of drug-likeness (QED) is 0.149. The van der Waals surface area contributed by atoms with E-state index in [4.69, 9.17) is 14.6 Å². The first-order chi connectivity index (χ1) is 17.2. The monoisotopic (exact) mass is 502 g/mol. The fourth-order valence-electron chi connectivity index (χ4n) is 3.85. The lowest BCUT2D eigenvalue weighted by Crippen LogP contribution is -2.22. The number of nitrogens with zero attached hydrogens (tertiary/aromatic N) is 4. The molecule has 4 rings (SSSR count). The van der Waals surface area contributed by atoms with E-state index in [1.807, 2.05) is 48.4 Å². The Labute approximate surface area is 213 Å². The summed E-state index contributed by atoms with van der Waals surface area (Å²) in [6, 6.07) is 14.9. The summed E-state index contributed by atoms with van der Waals surface area (Å²) in [6.07, 6.45) is 7.83. The van der Waals surface area contributed by atoms with Gasteiger partial charge in [-0.15, -0.1) is 0 Å². The molecule has 0 aliphatic heterocycles. The Balaban J connectivity index is 1.64. The van der Waals surface area contributed by atoms with E-state index in [9.17, 15) is 4.79 Å². The van der Waals surface area contributed by atoms with Crippen LogP contribution >= 0.6 is 0 Å². The molecule has 0 spiro atoms. The maximum absolute atomic E-state index is 12.0. The Morgan fingerprint density at radius 2 is 1.81 bits per heavy atom. The predicted octanol–water partition coefficient (Wildman–Crippen LogP) is 6.10. The van der Waals surface area contributed by atoms with Crippen molar-refractivity contribution in [2.24, 2.45) is 7.05 Å². The second-order valence-electron chi connectivity index (χ2n) is 10.0. The van der Waals surface area contributed by atoms with Gasteiger partial charge in [0.05, 0.1) is 29.6 Å². The first kappa shape index (κ1) is 25.6. The summed E-state index contributed by atoms with van der Waals surface area (Å²) in [5.41, 5.74) is 5.51. The van der Waals surface area contributed by atoms with E-state index in [0.717, 1.165) is 45.9 Å². The molecule has 36 heavy (non-hydrogen) atoms. The molecule has 2 heterocycles. The average molecular weight is 503 g/mol. The highest BCUT2D eigenvalue weighted by Gasteiger charge is 2.14.